The van der Waals surface area contributed by atoms with E-state index in [4.69, 9.17) is 9.47 Å². The number of rotatable bonds is 8. The Morgan fingerprint density at radius 3 is 2.68 bits per heavy atom. The number of methoxy groups -OCH3 is 1. The minimum atomic E-state index is -0.889. The van der Waals surface area contributed by atoms with E-state index in [9.17, 15) is 9.59 Å². The van der Waals surface area contributed by atoms with Crippen LogP contribution in [-0.4, -0.2) is 30.1 Å². The Hall–Kier alpha value is -2.93. The van der Waals surface area contributed by atoms with Gasteiger partial charge >= 0.3 is 5.97 Å². The first kappa shape index (κ1) is 19.8. The zero-order valence-electron chi connectivity index (χ0n) is 15.8. The highest BCUT2D eigenvalue weighted by Gasteiger charge is 2.19. The van der Waals surface area contributed by atoms with Crippen molar-refractivity contribution < 1.29 is 19.1 Å². The van der Waals surface area contributed by atoms with Gasteiger partial charge in [0.05, 0.1) is 28.0 Å². The molecule has 0 bridgehead atoms. The molecule has 1 heterocycles. The summed E-state index contributed by atoms with van der Waals surface area (Å²) >= 11 is 1.63. The molecule has 1 aromatic heterocycles. The van der Waals surface area contributed by atoms with Crippen LogP contribution in [0.2, 0.25) is 0 Å². The van der Waals surface area contributed by atoms with Crippen LogP contribution >= 0.6 is 11.3 Å². The number of carbonyl (C=O) groups excluding carboxylic acids is 2. The van der Waals surface area contributed by atoms with Crippen LogP contribution in [-0.2, 0) is 20.7 Å². The summed E-state index contributed by atoms with van der Waals surface area (Å²) in [6.45, 7) is 1.55. The molecule has 0 aliphatic rings. The van der Waals surface area contributed by atoms with Crippen molar-refractivity contribution in [3.05, 3.63) is 53.5 Å². The van der Waals surface area contributed by atoms with E-state index in [0.29, 0.717) is 24.3 Å². The number of nitrogens with zero attached hydrogens (tertiary/aromatic N) is 1. The molecule has 1 amide bonds. The number of aromatic nitrogens is 1. The molecule has 3 aromatic rings. The summed E-state index contributed by atoms with van der Waals surface area (Å²) in [5, 5.41) is 3.71. The quantitative estimate of drug-likeness (QED) is 0.576. The van der Waals surface area contributed by atoms with Gasteiger partial charge < -0.3 is 14.8 Å². The molecule has 0 saturated heterocycles. The summed E-state index contributed by atoms with van der Waals surface area (Å²) in [5.41, 5.74) is 1.51. The van der Waals surface area contributed by atoms with Crippen molar-refractivity contribution in [2.75, 3.05) is 12.4 Å². The van der Waals surface area contributed by atoms with Gasteiger partial charge in [0, 0.05) is 6.42 Å². The molecular weight excluding hydrogens is 376 g/mol. The Morgan fingerprint density at radius 2 is 1.89 bits per heavy atom. The summed E-state index contributed by atoms with van der Waals surface area (Å²) in [6, 6.07) is 15.0. The number of thiazole rings is 1. The number of hydrogen-bond donors (Lipinski definition) is 1. The molecule has 6 nitrogen and oxygen atoms in total. The Kier molecular flexibility index (Phi) is 6.60. The highest BCUT2D eigenvalue weighted by molar-refractivity contribution is 7.18. The third-order valence-electron chi connectivity index (χ3n) is 4.15. The van der Waals surface area contributed by atoms with Gasteiger partial charge in [0.15, 0.2) is 6.10 Å². The topological polar surface area (TPSA) is 77.5 Å². The summed E-state index contributed by atoms with van der Waals surface area (Å²) in [7, 11) is 1.53. The van der Waals surface area contributed by atoms with Gasteiger partial charge in [-0.1, -0.05) is 24.3 Å². The average Bonchev–Trinajstić information content (AvgIpc) is 3.11. The molecular formula is C21H22N2O4S. The van der Waals surface area contributed by atoms with E-state index in [0.717, 1.165) is 15.2 Å². The van der Waals surface area contributed by atoms with Gasteiger partial charge in [-0.05, 0) is 44.0 Å². The number of fused-ring (bicyclic) bond motifs is 1. The third kappa shape index (κ3) is 5.07. The third-order valence-corrected chi connectivity index (χ3v) is 5.25. The SMILES string of the molecule is COc1ccccc1NC(=O)[C@H](C)OC(=O)CCCc1nc2ccccc2s1. The molecule has 3 rings (SSSR count). The molecule has 1 atom stereocenters. The number of hydrogen-bond acceptors (Lipinski definition) is 6. The van der Waals surface area contributed by atoms with Crippen molar-refractivity contribution in [3.8, 4) is 5.75 Å². The number of esters is 1. The standard InChI is InChI=1S/C21H22N2O4S/c1-14(21(25)23-15-8-3-5-10-17(15)26-2)27-20(24)13-7-12-19-22-16-9-4-6-11-18(16)28-19/h3-6,8-11,14H,7,12-13H2,1-2H3,(H,23,25)/t14-/m0/s1. The number of benzene rings is 2. The molecule has 0 spiro atoms. The fraction of sp³-hybridized carbons (Fsp3) is 0.286. The Balaban J connectivity index is 1.45. The number of anilines is 1. The van der Waals surface area contributed by atoms with Crippen LogP contribution in [0, 0.1) is 0 Å². The summed E-state index contributed by atoms with van der Waals surface area (Å²) in [5.74, 6) is -0.252. The van der Waals surface area contributed by atoms with Gasteiger partial charge in [0.2, 0.25) is 0 Å². The van der Waals surface area contributed by atoms with E-state index >= 15 is 0 Å². The highest BCUT2D eigenvalue weighted by Crippen LogP contribution is 2.24. The van der Waals surface area contributed by atoms with Crippen molar-refractivity contribution in [2.45, 2.75) is 32.3 Å². The molecule has 0 fully saturated rings. The molecule has 0 aliphatic carbocycles. The summed E-state index contributed by atoms with van der Waals surface area (Å²) in [6.07, 6.45) is 0.678. The second kappa shape index (κ2) is 9.32. The molecule has 2 aromatic carbocycles. The summed E-state index contributed by atoms with van der Waals surface area (Å²) in [4.78, 5) is 28.9. The molecule has 146 valence electrons. The van der Waals surface area contributed by atoms with Crippen LogP contribution in [0.1, 0.15) is 24.8 Å². The van der Waals surface area contributed by atoms with Crippen LogP contribution in [0.4, 0.5) is 5.69 Å². The number of nitrogens with one attached hydrogen (secondary N) is 1. The Bertz CT molecular complexity index is 937. The maximum Gasteiger partial charge on any atom is 0.306 e. The van der Waals surface area contributed by atoms with Crippen molar-refractivity contribution in [2.24, 2.45) is 0 Å². The lowest BCUT2D eigenvalue weighted by atomic mass is 10.2. The van der Waals surface area contributed by atoms with Gasteiger partial charge in [-0.15, -0.1) is 11.3 Å². The molecule has 0 unspecified atom stereocenters. The van der Waals surface area contributed by atoms with Gasteiger partial charge in [0.1, 0.15) is 5.75 Å². The van der Waals surface area contributed by atoms with Crippen molar-refractivity contribution in [1.82, 2.24) is 4.98 Å². The maximum atomic E-state index is 12.3. The normalized spacial score (nSPS) is 11.8. The molecule has 0 saturated carbocycles. The monoisotopic (exact) mass is 398 g/mol. The maximum absolute atomic E-state index is 12.3. The Morgan fingerprint density at radius 1 is 1.14 bits per heavy atom. The molecule has 1 N–H and O–H groups in total. The van der Waals surface area contributed by atoms with Crippen LogP contribution in [0.15, 0.2) is 48.5 Å². The number of carbonyl (C=O) groups is 2. The number of para-hydroxylation sites is 3. The largest absolute Gasteiger partial charge is 0.495 e. The lowest BCUT2D eigenvalue weighted by Crippen LogP contribution is -2.30. The van der Waals surface area contributed by atoms with E-state index in [1.807, 2.05) is 30.3 Å². The smallest absolute Gasteiger partial charge is 0.306 e. The average molecular weight is 398 g/mol. The fourth-order valence-corrected chi connectivity index (χ4v) is 3.71. The van der Waals surface area contributed by atoms with Crippen molar-refractivity contribution in [3.63, 3.8) is 0 Å². The van der Waals surface area contributed by atoms with E-state index in [2.05, 4.69) is 10.3 Å². The second-order valence-corrected chi connectivity index (χ2v) is 7.37. The van der Waals surface area contributed by atoms with Crippen LogP contribution in [0.3, 0.4) is 0 Å². The zero-order chi connectivity index (χ0) is 19.9. The van der Waals surface area contributed by atoms with E-state index in [1.165, 1.54) is 7.11 Å². The van der Waals surface area contributed by atoms with Gasteiger partial charge in [-0.3, -0.25) is 9.59 Å². The van der Waals surface area contributed by atoms with Crippen LogP contribution < -0.4 is 10.1 Å². The van der Waals surface area contributed by atoms with Crippen LogP contribution in [0.25, 0.3) is 10.2 Å². The first-order chi connectivity index (χ1) is 13.6. The lowest BCUT2D eigenvalue weighted by molar-refractivity contribution is -0.153. The van der Waals surface area contributed by atoms with E-state index in [-0.39, 0.29) is 6.42 Å². The van der Waals surface area contributed by atoms with E-state index in [1.54, 1.807) is 36.5 Å². The van der Waals surface area contributed by atoms with Crippen molar-refractivity contribution in [1.29, 1.82) is 0 Å². The minimum Gasteiger partial charge on any atom is -0.495 e. The number of ether oxygens (including phenoxy) is 2. The van der Waals surface area contributed by atoms with Gasteiger partial charge in [-0.25, -0.2) is 4.98 Å². The number of aryl methyl sites for hydroxylation is 1. The molecule has 0 aliphatic heterocycles. The number of amides is 1. The van der Waals surface area contributed by atoms with Gasteiger partial charge in [-0.2, -0.15) is 0 Å². The van der Waals surface area contributed by atoms with Gasteiger partial charge in [0.25, 0.3) is 5.91 Å². The fourth-order valence-electron chi connectivity index (χ4n) is 2.70. The predicted octanol–water partition coefficient (Wildman–Crippen LogP) is 4.20. The second-order valence-electron chi connectivity index (χ2n) is 6.25. The summed E-state index contributed by atoms with van der Waals surface area (Å²) < 4.78 is 11.6. The molecule has 28 heavy (non-hydrogen) atoms. The highest BCUT2D eigenvalue weighted by atomic mass is 32.1. The molecule has 7 heteroatoms. The van der Waals surface area contributed by atoms with Crippen LogP contribution in [0.5, 0.6) is 5.75 Å². The first-order valence-corrected chi connectivity index (χ1v) is 9.86. The molecule has 0 radical (unpaired) electrons. The Labute approximate surface area is 167 Å². The first-order valence-electron chi connectivity index (χ1n) is 9.04. The predicted molar refractivity (Wildman–Crippen MR) is 110 cm³/mol. The van der Waals surface area contributed by atoms with Crippen molar-refractivity contribution >= 4 is 39.1 Å². The van der Waals surface area contributed by atoms with E-state index < -0.39 is 18.0 Å². The zero-order valence-corrected chi connectivity index (χ0v) is 16.6. The minimum absolute atomic E-state index is 0.238. The lowest BCUT2D eigenvalue weighted by Gasteiger charge is -2.15.